The highest BCUT2D eigenvalue weighted by Crippen LogP contribution is 2.16. The van der Waals surface area contributed by atoms with Gasteiger partial charge in [0.25, 0.3) is 5.91 Å². The Morgan fingerprint density at radius 3 is 2.76 bits per heavy atom. The summed E-state index contributed by atoms with van der Waals surface area (Å²) >= 11 is 0. The number of carbonyl (C=O) groups is 1. The van der Waals surface area contributed by atoms with E-state index in [2.05, 4.69) is 5.16 Å². The van der Waals surface area contributed by atoms with Gasteiger partial charge in [-0.3, -0.25) is 4.79 Å². The summed E-state index contributed by atoms with van der Waals surface area (Å²) in [6.45, 7) is -0.129. The lowest BCUT2D eigenvalue weighted by Crippen LogP contribution is -2.35. The Bertz CT molecular complexity index is 462. The molecule has 0 aliphatic carbocycles. The van der Waals surface area contributed by atoms with Crippen molar-refractivity contribution in [3.63, 3.8) is 0 Å². The Kier molecular flexibility index (Phi) is 3.86. The summed E-state index contributed by atoms with van der Waals surface area (Å²) in [6.07, 6.45) is 0. The molecule has 0 bridgehead atoms. The zero-order valence-corrected chi connectivity index (χ0v) is 9.09. The van der Waals surface area contributed by atoms with Crippen molar-refractivity contribution in [2.45, 2.75) is 0 Å². The molecule has 1 aromatic rings. The summed E-state index contributed by atoms with van der Waals surface area (Å²) in [7, 11) is 1.38. The number of aromatic hydroxyl groups is 1. The maximum absolute atomic E-state index is 13.4. The number of hydrogen-bond acceptors (Lipinski definition) is 4. The second-order valence-corrected chi connectivity index (χ2v) is 3.42. The molecule has 1 amide bonds. The first-order valence-electron chi connectivity index (χ1n) is 4.66. The maximum atomic E-state index is 13.4. The third kappa shape index (κ3) is 3.07. The van der Waals surface area contributed by atoms with E-state index < -0.39 is 11.7 Å². The summed E-state index contributed by atoms with van der Waals surface area (Å²) in [6, 6.07) is 3.20. The average Bonchev–Trinajstić information content (AvgIpc) is 2.28. The number of carbonyl (C=O) groups excluding carboxylic acids is 1. The fourth-order valence-corrected chi connectivity index (χ4v) is 1.23. The first kappa shape index (κ1) is 12.8. The van der Waals surface area contributed by atoms with Gasteiger partial charge in [0.1, 0.15) is 11.6 Å². The van der Waals surface area contributed by atoms with Gasteiger partial charge in [0, 0.05) is 13.1 Å². The molecular formula is C10H12FN3O3. The van der Waals surface area contributed by atoms with Crippen LogP contribution in [-0.2, 0) is 0 Å². The molecule has 0 fully saturated rings. The Labute approximate surface area is 96.8 Å². The van der Waals surface area contributed by atoms with Crippen LogP contribution >= 0.6 is 0 Å². The third-order valence-electron chi connectivity index (χ3n) is 2.06. The maximum Gasteiger partial charge on any atom is 0.256 e. The summed E-state index contributed by atoms with van der Waals surface area (Å²) in [5, 5.41) is 20.1. The average molecular weight is 241 g/mol. The van der Waals surface area contributed by atoms with Crippen LogP contribution in [0.3, 0.4) is 0 Å². The number of amidine groups is 1. The molecule has 0 atom stereocenters. The smallest absolute Gasteiger partial charge is 0.256 e. The first-order chi connectivity index (χ1) is 7.95. The second-order valence-electron chi connectivity index (χ2n) is 3.42. The molecule has 0 heterocycles. The van der Waals surface area contributed by atoms with Crippen molar-refractivity contribution in [2.24, 2.45) is 10.9 Å². The minimum absolute atomic E-state index is 0.129. The zero-order chi connectivity index (χ0) is 13.0. The molecule has 1 aromatic carbocycles. The number of rotatable bonds is 3. The van der Waals surface area contributed by atoms with Crippen molar-refractivity contribution in [2.75, 3.05) is 13.6 Å². The molecule has 1 rings (SSSR count). The quantitative estimate of drug-likeness (QED) is 0.308. The SMILES string of the molecule is CN(C/C(N)=N/O)C(=O)c1ccc(O)cc1F. The second kappa shape index (κ2) is 5.15. The number of amides is 1. The summed E-state index contributed by atoms with van der Waals surface area (Å²) in [5.41, 5.74) is 5.03. The lowest BCUT2D eigenvalue weighted by atomic mass is 10.2. The number of hydrogen-bond donors (Lipinski definition) is 3. The number of phenols is 1. The normalized spacial score (nSPS) is 11.3. The van der Waals surface area contributed by atoms with E-state index in [0.717, 1.165) is 17.0 Å². The molecule has 7 heteroatoms. The van der Waals surface area contributed by atoms with Crippen molar-refractivity contribution in [1.29, 1.82) is 0 Å². The van der Waals surface area contributed by atoms with Crippen LogP contribution in [-0.4, -0.2) is 40.5 Å². The molecule has 6 nitrogen and oxygen atoms in total. The van der Waals surface area contributed by atoms with Crippen LogP contribution < -0.4 is 5.73 Å². The zero-order valence-electron chi connectivity index (χ0n) is 9.09. The van der Waals surface area contributed by atoms with Gasteiger partial charge in [-0.25, -0.2) is 4.39 Å². The monoisotopic (exact) mass is 241 g/mol. The van der Waals surface area contributed by atoms with Gasteiger partial charge in [0.2, 0.25) is 0 Å². The number of nitrogens with two attached hydrogens (primary N) is 1. The minimum atomic E-state index is -0.832. The predicted octanol–water partition coefficient (Wildman–Crippen LogP) is 0.350. The van der Waals surface area contributed by atoms with E-state index in [9.17, 15) is 9.18 Å². The van der Waals surface area contributed by atoms with E-state index in [4.69, 9.17) is 16.0 Å². The third-order valence-corrected chi connectivity index (χ3v) is 2.06. The van der Waals surface area contributed by atoms with Gasteiger partial charge in [-0.1, -0.05) is 5.16 Å². The molecule has 0 aliphatic rings. The number of halogens is 1. The van der Waals surface area contributed by atoms with Crippen LogP contribution in [0.25, 0.3) is 0 Å². The molecule has 0 saturated carbocycles. The Hall–Kier alpha value is -2.31. The number of phenolic OH excluding ortho intramolecular Hbond substituents is 1. The van der Waals surface area contributed by atoms with E-state index in [1.54, 1.807) is 0 Å². The van der Waals surface area contributed by atoms with Gasteiger partial charge in [-0.05, 0) is 12.1 Å². The van der Waals surface area contributed by atoms with Crippen molar-refractivity contribution in [1.82, 2.24) is 4.90 Å². The molecule has 0 saturated heterocycles. The van der Waals surface area contributed by atoms with Crippen LogP contribution in [0.4, 0.5) is 4.39 Å². The molecule has 92 valence electrons. The molecule has 4 N–H and O–H groups in total. The molecule has 0 unspecified atom stereocenters. The number of likely N-dealkylation sites (N-methyl/N-ethyl adjacent to an activating group) is 1. The Morgan fingerprint density at radius 1 is 1.59 bits per heavy atom. The van der Waals surface area contributed by atoms with E-state index in [1.165, 1.54) is 13.1 Å². The topological polar surface area (TPSA) is 99.1 Å². The van der Waals surface area contributed by atoms with Crippen molar-refractivity contribution in [3.8, 4) is 5.75 Å². The summed E-state index contributed by atoms with van der Waals surface area (Å²) in [4.78, 5) is 12.8. The van der Waals surface area contributed by atoms with Crippen molar-refractivity contribution < 1.29 is 19.5 Å². The fourth-order valence-electron chi connectivity index (χ4n) is 1.23. The van der Waals surface area contributed by atoms with E-state index in [0.29, 0.717) is 0 Å². The molecule has 0 aliphatic heterocycles. The molecule has 0 aromatic heterocycles. The standard InChI is InChI=1S/C10H12FN3O3/c1-14(5-9(12)13-17)10(16)7-3-2-6(15)4-8(7)11/h2-4,15,17H,5H2,1H3,(H2,12,13). The summed E-state index contributed by atoms with van der Waals surface area (Å²) in [5.74, 6) is -1.89. The van der Waals surface area contributed by atoms with E-state index >= 15 is 0 Å². The molecule has 0 radical (unpaired) electrons. The molecule has 17 heavy (non-hydrogen) atoms. The Balaban J connectivity index is 2.89. The lowest BCUT2D eigenvalue weighted by Gasteiger charge is -2.16. The van der Waals surface area contributed by atoms with Gasteiger partial charge in [0.05, 0.1) is 12.1 Å². The highest BCUT2D eigenvalue weighted by Gasteiger charge is 2.17. The van der Waals surface area contributed by atoms with E-state index in [1.807, 2.05) is 0 Å². The van der Waals surface area contributed by atoms with E-state index in [-0.39, 0.29) is 23.7 Å². The minimum Gasteiger partial charge on any atom is -0.508 e. The van der Waals surface area contributed by atoms with Crippen LogP contribution in [0, 0.1) is 5.82 Å². The number of nitrogens with zero attached hydrogens (tertiary/aromatic N) is 2. The van der Waals surface area contributed by atoms with Gasteiger partial charge in [-0.15, -0.1) is 0 Å². The predicted molar refractivity (Wildman–Crippen MR) is 58.4 cm³/mol. The highest BCUT2D eigenvalue weighted by atomic mass is 19.1. The number of benzene rings is 1. The largest absolute Gasteiger partial charge is 0.508 e. The Morgan fingerprint density at radius 2 is 2.24 bits per heavy atom. The van der Waals surface area contributed by atoms with Crippen molar-refractivity contribution >= 4 is 11.7 Å². The molecular weight excluding hydrogens is 229 g/mol. The fraction of sp³-hybridized carbons (Fsp3) is 0.200. The van der Waals surface area contributed by atoms with Crippen LogP contribution in [0.1, 0.15) is 10.4 Å². The van der Waals surface area contributed by atoms with Crippen molar-refractivity contribution in [3.05, 3.63) is 29.6 Å². The van der Waals surface area contributed by atoms with Gasteiger partial charge >= 0.3 is 0 Å². The lowest BCUT2D eigenvalue weighted by molar-refractivity contribution is 0.0809. The van der Waals surface area contributed by atoms with Crippen LogP contribution in [0.15, 0.2) is 23.4 Å². The van der Waals surface area contributed by atoms with Crippen LogP contribution in [0.2, 0.25) is 0 Å². The highest BCUT2D eigenvalue weighted by molar-refractivity contribution is 5.97. The summed E-state index contributed by atoms with van der Waals surface area (Å²) < 4.78 is 13.4. The molecule has 0 spiro atoms. The van der Waals surface area contributed by atoms with Gasteiger partial charge < -0.3 is 20.9 Å². The van der Waals surface area contributed by atoms with Gasteiger partial charge in [0.15, 0.2) is 5.84 Å². The van der Waals surface area contributed by atoms with Gasteiger partial charge in [-0.2, -0.15) is 0 Å². The number of oxime groups is 1. The first-order valence-corrected chi connectivity index (χ1v) is 4.66. The van der Waals surface area contributed by atoms with Crippen LogP contribution in [0.5, 0.6) is 5.75 Å².